The van der Waals surface area contributed by atoms with Gasteiger partial charge in [-0.1, -0.05) is 42.1 Å². The number of nitrogen functional groups attached to an aromatic ring is 1. The van der Waals surface area contributed by atoms with Crippen LogP contribution in [-0.4, -0.2) is 26.5 Å². The molecule has 8 heteroatoms. The number of nitrogens with zero attached hydrogens (tertiary/aromatic N) is 3. The second-order valence-corrected chi connectivity index (χ2v) is 7.52. The van der Waals surface area contributed by atoms with Crippen LogP contribution in [0.15, 0.2) is 47.6 Å². The molecule has 3 aromatic rings. The number of aryl methyl sites for hydroxylation is 2. The molecule has 2 aromatic carbocycles. The van der Waals surface area contributed by atoms with Crippen molar-refractivity contribution in [3.05, 3.63) is 65.0 Å². The number of amides is 1. The molecule has 3 rings (SSSR count). The molecule has 0 bridgehead atoms. The van der Waals surface area contributed by atoms with Gasteiger partial charge in [-0.25, -0.2) is 9.07 Å². The normalized spacial score (nSPS) is 12.0. The van der Waals surface area contributed by atoms with E-state index in [1.807, 2.05) is 26.0 Å². The minimum Gasteiger partial charge on any atom is -0.349 e. The van der Waals surface area contributed by atoms with Gasteiger partial charge < -0.3 is 11.2 Å². The summed E-state index contributed by atoms with van der Waals surface area (Å²) in [5.74, 6) is 5.75. The molecule has 0 aliphatic rings. The Morgan fingerprint density at radius 2 is 1.96 bits per heavy atom. The van der Waals surface area contributed by atoms with Gasteiger partial charge in [-0.3, -0.25) is 4.79 Å². The first-order valence-electron chi connectivity index (χ1n) is 8.81. The zero-order valence-corrected chi connectivity index (χ0v) is 16.8. The number of hydrogen-bond acceptors (Lipinski definition) is 5. The SMILES string of the molecule is Cc1ccc(C(C)NC(=O)CSc2nnc(-c3ccccc3F)n2N)cc1C. The second-order valence-electron chi connectivity index (χ2n) is 6.58. The molecular weight excluding hydrogens is 377 g/mol. The first-order chi connectivity index (χ1) is 13.4. The van der Waals surface area contributed by atoms with Crippen molar-refractivity contribution < 1.29 is 9.18 Å². The summed E-state index contributed by atoms with van der Waals surface area (Å²) in [4.78, 5) is 12.3. The maximum Gasteiger partial charge on any atom is 0.230 e. The molecule has 0 radical (unpaired) electrons. The fraction of sp³-hybridized carbons (Fsp3) is 0.250. The number of carbonyl (C=O) groups excluding carboxylic acids is 1. The summed E-state index contributed by atoms with van der Waals surface area (Å²) < 4.78 is 15.1. The summed E-state index contributed by atoms with van der Waals surface area (Å²) in [5.41, 5.74) is 3.71. The Kier molecular flexibility index (Phi) is 5.99. The van der Waals surface area contributed by atoms with E-state index >= 15 is 0 Å². The average Bonchev–Trinajstić information content (AvgIpc) is 3.03. The third kappa shape index (κ3) is 4.33. The molecule has 1 amide bonds. The Balaban J connectivity index is 1.62. The lowest BCUT2D eigenvalue weighted by atomic mass is 10.0. The van der Waals surface area contributed by atoms with Crippen LogP contribution in [0.5, 0.6) is 0 Å². The Labute approximate surface area is 167 Å². The van der Waals surface area contributed by atoms with Crippen LogP contribution in [0.25, 0.3) is 11.4 Å². The summed E-state index contributed by atoms with van der Waals surface area (Å²) in [5, 5.41) is 11.2. The van der Waals surface area contributed by atoms with Crippen LogP contribution in [-0.2, 0) is 4.79 Å². The molecule has 0 spiro atoms. The first-order valence-corrected chi connectivity index (χ1v) is 9.80. The lowest BCUT2D eigenvalue weighted by Gasteiger charge is -2.15. The Morgan fingerprint density at radius 3 is 2.68 bits per heavy atom. The first kappa shape index (κ1) is 19.9. The summed E-state index contributed by atoms with van der Waals surface area (Å²) in [6, 6.07) is 12.2. The lowest BCUT2D eigenvalue weighted by Crippen LogP contribution is -2.28. The summed E-state index contributed by atoms with van der Waals surface area (Å²) in [6.07, 6.45) is 0. The number of nitrogens with one attached hydrogen (secondary N) is 1. The van der Waals surface area contributed by atoms with Crippen molar-refractivity contribution in [1.29, 1.82) is 0 Å². The second kappa shape index (κ2) is 8.43. The van der Waals surface area contributed by atoms with Crippen molar-refractivity contribution in [2.45, 2.75) is 32.0 Å². The maximum absolute atomic E-state index is 13.9. The van der Waals surface area contributed by atoms with Gasteiger partial charge in [-0.15, -0.1) is 10.2 Å². The predicted molar refractivity (Wildman–Crippen MR) is 109 cm³/mol. The van der Waals surface area contributed by atoms with Crippen LogP contribution in [0.1, 0.15) is 29.7 Å². The van der Waals surface area contributed by atoms with Crippen molar-refractivity contribution in [2.24, 2.45) is 0 Å². The number of halogens is 1. The van der Waals surface area contributed by atoms with Gasteiger partial charge in [0.05, 0.1) is 17.4 Å². The van der Waals surface area contributed by atoms with Crippen molar-refractivity contribution in [1.82, 2.24) is 20.2 Å². The molecule has 1 atom stereocenters. The van der Waals surface area contributed by atoms with Crippen molar-refractivity contribution in [3.63, 3.8) is 0 Å². The van der Waals surface area contributed by atoms with E-state index < -0.39 is 5.82 Å². The largest absolute Gasteiger partial charge is 0.349 e. The van der Waals surface area contributed by atoms with Gasteiger partial charge in [0.25, 0.3) is 0 Å². The highest BCUT2D eigenvalue weighted by molar-refractivity contribution is 7.99. The minimum atomic E-state index is -0.432. The van der Waals surface area contributed by atoms with E-state index in [1.54, 1.807) is 18.2 Å². The highest BCUT2D eigenvalue weighted by atomic mass is 32.2. The molecule has 0 saturated heterocycles. The standard InChI is InChI=1S/C20H22FN5OS/c1-12-8-9-15(10-13(12)2)14(3)23-18(27)11-28-20-25-24-19(26(20)22)16-6-4-5-7-17(16)21/h4-10,14H,11,22H2,1-3H3,(H,23,27). The predicted octanol–water partition coefficient (Wildman–Crippen LogP) is 3.38. The molecule has 3 N–H and O–H groups in total. The van der Waals surface area contributed by atoms with E-state index in [-0.39, 0.29) is 29.1 Å². The lowest BCUT2D eigenvalue weighted by molar-refractivity contribution is -0.119. The van der Waals surface area contributed by atoms with Crippen LogP contribution in [0, 0.1) is 19.7 Å². The van der Waals surface area contributed by atoms with Gasteiger partial charge in [-0.05, 0) is 49.6 Å². The van der Waals surface area contributed by atoms with E-state index in [1.165, 1.54) is 21.9 Å². The molecule has 0 aliphatic carbocycles. The third-order valence-corrected chi connectivity index (χ3v) is 5.46. The van der Waals surface area contributed by atoms with E-state index in [9.17, 15) is 9.18 Å². The van der Waals surface area contributed by atoms with Gasteiger partial charge in [0.15, 0.2) is 5.82 Å². The highest BCUT2D eigenvalue weighted by Gasteiger charge is 2.17. The van der Waals surface area contributed by atoms with E-state index in [0.717, 1.165) is 17.3 Å². The van der Waals surface area contributed by atoms with Gasteiger partial charge in [-0.2, -0.15) is 0 Å². The van der Waals surface area contributed by atoms with Gasteiger partial charge in [0.1, 0.15) is 5.82 Å². The Morgan fingerprint density at radius 1 is 1.21 bits per heavy atom. The maximum atomic E-state index is 13.9. The highest BCUT2D eigenvalue weighted by Crippen LogP contribution is 2.24. The zero-order valence-electron chi connectivity index (χ0n) is 15.9. The topological polar surface area (TPSA) is 85.8 Å². The fourth-order valence-corrected chi connectivity index (χ4v) is 3.40. The van der Waals surface area contributed by atoms with E-state index in [0.29, 0.717) is 5.16 Å². The summed E-state index contributed by atoms with van der Waals surface area (Å²) in [7, 11) is 0. The van der Waals surface area contributed by atoms with E-state index in [2.05, 4.69) is 28.5 Å². The van der Waals surface area contributed by atoms with Gasteiger partial charge in [0.2, 0.25) is 11.1 Å². The summed E-state index contributed by atoms with van der Waals surface area (Å²) >= 11 is 1.15. The number of rotatable bonds is 6. The van der Waals surface area contributed by atoms with Crippen LogP contribution < -0.4 is 11.2 Å². The number of carbonyl (C=O) groups is 1. The van der Waals surface area contributed by atoms with Gasteiger partial charge in [0, 0.05) is 0 Å². The number of nitrogens with two attached hydrogens (primary N) is 1. The summed E-state index contributed by atoms with van der Waals surface area (Å²) in [6.45, 7) is 6.04. The fourth-order valence-electron chi connectivity index (χ4n) is 2.73. The Bertz CT molecular complexity index is 1000. The van der Waals surface area contributed by atoms with Crippen LogP contribution in [0.2, 0.25) is 0 Å². The third-order valence-electron chi connectivity index (χ3n) is 4.52. The van der Waals surface area contributed by atoms with Crippen LogP contribution >= 0.6 is 11.8 Å². The van der Waals surface area contributed by atoms with Crippen molar-refractivity contribution >= 4 is 17.7 Å². The van der Waals surface area contributed by atoms with Crippen molar-refractivity contribution in [3.8, 4) is 11.4 Å². The molecule has 0 aliphatic heterocycles. The molecular formula is C20H22FN5OS. The number of benzene rings is 2. The van der Waals surface area contributed by atoms with Crippen LogP contribution in [0.3, 0.4) is 0 Å². The molecule has 1 aromatic heterocycles. The number of hydrogen-bond donors (Lipinski definition) is 2. The molecule has 6 nitrogen and oxygen atoms in total. The number of aromatic nitrogens is 3. The molecule has 1 unspecified atom stereocenters. The quantitative estimate of drug-likeness (QED) is 0.490. The van der Waals surface area contributed by atoms with Crippen LogP contribution in [0.4, 0.5) is 4.39 Å². The Hall–Kier alpha value is -2.87. The molecule has 1 heterocycles. The van der Waals surface area contributed by atoms with Crippen molar-refractivity contribution in [2.75, 3.05) is 11.6 Å². The smallest absolute Gasteiger partial charge is 0.230 e. The van der Waals surface area contributed by atoms with E-state index in [4.69, 9.17) is 5.84 Å². The molecule has 146 valence electrons. The average molecular weight is 399 g/mol. The monoisotopic (exact) mass is 399 g/mol. The minimum absolute atomic E-state index is 0.114. The number of thioether (sulfide) groups is 1. The molecule has 0 fully saturated rings. The zero-order chi connectivity index (χ0) is 20.3. The molecule has 28 heavy (non-hydrogen) atoms. The molecule has 0 saturated carbocycles. The van der Waals surface area contributed by atoms with Gasteiger partial charge >= 0.3 is 0 Å².